The van der Waals surface area contributed by atoms with Gasteiger partial charge in [-0.05, 0) is 0 Å². The van der Waals surface area contributed by atoms with Crippen molar-refractivity contribution in [1.29, 1.82) is 0 Å². The average Bonchev–Trinajstić information content (AvgIpc) is 2.25. The molecule has 0 radical (unpaired) electrons. The van der Waals surface area contributed by atoms with Crippen molar-refractivity contribution in [3.63, 3.8) is 0 Å². The van der Waals surface area contributed by atoms with Gasteiger partial charge in [0, 0.05) is 12.1 Å². The normalized spacial score (nSPS) is 10.3. The molecule has 0 aliphatic rings. The molecule has 1 aromatic rings. The summed E-state index contributed by atoms with van der Waals surface area (Å²) in [5.74, 6) is -3.74. The number of primary amides is 1. The van der Waals surface area contributed by atoms with Crippen LogP contribution in [0.2, 0.25) is 0 Å². The lowest BCUT2D eigenvalue weighted by Crippen LogP contribution is -2.42. The van der Waals surface area contributed by atoms with E-state index in [2.05, 4.69) is 0 Å². The first kappa shape index (κ1) is 15.3. The van der Waals surface area contributed by atoms with Gasteiger partial charge in [-0.25, -0.2) is 4.79 Å². The van der Waals surface area contributed by atoms with Gasteiger partial charge < -0.3 is 26.2 Å². The van der Waals surface area contributed by atoms with E-state index in [1.807, 2.05) is 0 Å². The van der Waals surface area contributed by atoms with Gasteiger partial charge >= 0.3 is 5.97 Å². The lowest BCUT2D eigenvalue weighted by atomic mass is 10.2. The highest BCUT2D eigenvalue weighted by atomic mass is 16.4. The predicted octanol–water partition coefficient (Wildman–Crippen LogP) is -3.08. The van der Waals surface area contributed by atoms with E-state index in [-0.39, 0.29) is 11.0 Å². The summed E-state index contributed by atoms with van der Waals surface area (Å²) in [5, 5.41) is 19.2. The van der Waals surface area contributed by atoms with E-state index in [1.165, 1.54) is 24.5 Å². The molecule has 18 heavy (non-hydrogen) atoms. The number of aliphatic carboxylic acids is 2. The molecule has 5 N–H and O–H groups in total. The Labute approximate surface area is 101 Å². The van der Waals surface area contributed by atoms with E-state index in [0.717, 1.165) is 4.57 Å². The third kappa shape index (κ3) is 3.68. The Morgan fingerprint density at radius 1 is 1.28 bits per heavy atom. The van der Waals surface area contributed by atoms with Crippen LogP contribution >= 0.6 is 0 Å². The number of carbonyl (C=O) groups is 3. The molecule has 1 amide bonds. The maximum absolute atomic E-state index is 10.8. The van der Waals surface area contributed by atoms with Gasteiger partial charge in [0.25, 0.3) is 0 Å². The maximum Gasteiger partial charge on any atom is 0.335 e. The Kier molecular flexibility index (Phi) is 5.18. The van der Waals surface area contributed by atoms with Gasteiger partial charge in [0.15, 0.2) is 12.4 Å². The summed E-state index contributed by atoms with van der Waals surface area (Å²) < 4.78 is 0.996. The van der Waals surface area contributed by atoms with Gasteiger partial charge in [0.1, 0.15) is 5.97 Å². The van der Waals surface area contributed by atoms with Crippen LogP contribution in [0.15, 0.2) is 30.6 Å². The van der Waals surface area contributed by atoms with Crippen LogP contribution in [-0.4, -0.2) is 28.4 Å². The molecular formula is C10H10N2O6. The van der Waals surface area contributed by atoms with Crippen molar-refractivity contribution in [3.05, 3.63) is 36.2 Å². The summed E-state index contributed by atoms with van der Waals surface area (Å²) in [6.45, 7) is 0. The fourth-order valence-corrected chi connectivity index (χ4v) is 1.11. The minimum atomic E-state index is -1.65. The number of carbonyl (C=O) groups excluding carboxylic acids is 2. The fraction of sp³-hybridized carbons (Fsp3) is 0. The van der Waals surface area contributed by atoms with Crippen LogP contribution < -0.4 is 15.4 Å². The molecule has 0 aromatic carbocycles. The van der Waals surface area contributed by atoms with Crippen LogP contribution in [0.1, 0.15) is 10.4 Å². The molecule has 0 saturated carbocycles. The van der Waals surface area contributed by atoms with E-state index < -0.39 is 23.5 Å². The van der Waals surface area contributed by atoms with Gasteiger partial charge in [-0.15, -0.1) is 0 Å². The van der Waals surface area contributed by atoms with Gasteiger partial charge in [-0.1, -0.05) is 0 Å². The van der Waals surface area contributed by atoms with Crippen LogP contribution in [0.25, 0.3) is 5.70 Å². The Hall–Kier alpha value is -2.74. The van der Waals surface area contributed by atoms with Gasteiger partial charge in [0.2, 0.25) is 11.6 Å². The first-order valence-electron chi connectivity index (χ1n) is 4.39. The molecule has 0 unspecified atom stereocenters. The molecule has 0 aliphatic heterocycles. The molecule has 8 heteroatoms. The molecular weight excluding hydrogens is 244 g/mol. The number of carboxylic acid groups (broad SMARTS) is 2. The van der Waals surface area contributed by atoms with Crippen LogP contribution in [0.5, 0.6) is 0 Å². The molecule has 0 saturated heterocycles. The third-order valence-corrected chi connectivity index (χ3v) is 1.86. The summed E-state index contributed by atoms with van der Waals surface area (Å²) in [6.07, 6.45) is 2.88. The summed E-state index contributed by atoms with van der Waals surface area (Å²) in [5.41, 5.74) is 4.61. The Morgan fingerprint density at radius 3 is 2.11 bits per heavy atom. The van der Waals surface area contributed by atoms with Crippen molar-refractivity contribution in [2.45, 2.75) is 0 Å². The first-order chi connectivity index (χ1) is 7.91. The minimum absolute atomic E-state index is 0. The lowest BCUT2D eigenvalue weighted by Gasteiger charge is -2.01. The van der Waals surface area contributed by atoms with E-state index in [4.69, 9.17) is 10.8 Å². The first-order valence-corrected chi connectivity index (χ1v) is 4.39. The number of rotatable bonds is 4. The lowest BCUT2D eigenvalue weighted by molar-refractivity contribution is -0.582. The molecule has 1 rings (SSSR count). The van der Waals surface area contributed by atoms with Crippen LogP contribution in [0, 0.1) is 0 Å². The smallest absolute Gasteiger partial charge is 0.335 e. The van der Waals surface area contributed by atoms with Crippen molar-refractivity contribution >= 4 is 23.5 Å². The Bertz CT molecular complexity index is 506. The average molecular weight is 254 g/mol. The highest BCUT2D eigenvalue weighted by molar-refractivity contribution is 6.08. The molecule has 1 heterocycles. The summed E-state index contributed by atoms with van der Waals surface area (Å²) in [6, 6.07) is 2.53. The van der Waals surface area contributed by atoms with Gasteiger partial charge in [-0.2, -0.15) is 4.57 Å². The molecule has 0 bridgehead atoms. The number of pyridine rings is 1. The molecule has 8 nitrogen and oxygen atoms in total. The van der Waals surface area contributed by atoms with E-state index in [9.17, 15) is 19.5 Å². The molecule has 96 valence electrons. The van der Waals surface area contributed by atoms with Crippen molar-refractivity contribution in [2.75, 3.05) is 0 Å². The zero-order valence-corrected chi connectivity index (χ0v) is 8.99. The molecule has 0 atom stereocenters. The molecule has 1 aromatic heterocycles. The number of aromatic nitrogens is 1. The summed E-state index contributed by atoms with van der Waals surface area (Å²) in [4.78, 5) is 31.9. The van der Waals surface area contributed by atoms with E-state index >= 15 is 0 Å². The third-order valence-electron chi connectivity index (χ3n) is 1.86. The van der Waals surface area contributed by atoms with E-state index in [0.29, 0.717) is 6.08 Å². The quantitative estimate of drug-likeness (QED) is 0.430. The number of carboxylic acids is 2. The molecule has 0 spiro atoms. The van der Waals surface area contributed by atoms with Crippen LogP contribution in [0.3, 0.4) is 0 Å². The number of hydrogen-bond donors (Lipinski definition) is 2. The summed E-state index contributed by atoms with van der Waals surface area (Å²) in [7, 11) is 0. The van der Waals surface area contributed by atoms with Gasteiger partial charge in [-0.3, -0.25) is 4.79 Å². The standard InChI is InChI=1S/C10H8N2O5.H2O/c11-9(15)6-1-3-12(4-2-6)7(10(16)17)5-8(13)14;/h1-5H,(H3-,11,13,14,15,16,17);1H2/b7-5-;. The monoisotopic (exact) mass is 254 g/mol. The van der Waals surface area contributed by atoms with Crippen LogP contribution in [0.4, 0.5) is 0 Å². The zero-order valence-electron chi connectivity index (χ0n) is 8.99. The highest BCUT2D eigenvalue weighted by Gasteiger charge is 2.14. The van der Waals surface area contributed by atoms with E-state index in [1.54, 1.807) is 0 Å². The number of amides is 1. The topological polar surface area (TPSA) is 156 Å². The Morgan fingerprint density at radius 2 is 1.78 bits per heavy atom. The Balaban J connectivity index is 0.00000289. The largest absolute Gasteiger partial charge is 0.539 e. The second kappa shape index (κ2) is 6.11. The van der Waals surface area contributed by atoms with Crippen molar-refractivity contribution < 1.29 is 34.6 Å². The van der Waals surface area contributed by atoms with Crippen molar-refractivity contribution in [2.24, 2.45) is 5.73 Å². The number of nitrogens with two attached hydrogens (primary N) is 1. The number of nitrogens with zero attached hydrogens (tertiary/aromatic N) is 1. The number of hydrogen-bond acceptors (Lipinski definition) is 4. The SMILES string of the molecule is NC(=O)c1cc[n+](/C(=C\C(=O)O)C(=O)[O-])cc1.O. The highest BCUT2D eigenvalue weighted by Crippen LogP contribution is 1.97. The second-order valence-electron chi connectivity index (χ2n) is 3.01. The van der Waals surface area contributed by atoms with Gasteiger partial charge in [0.05, 0.1) is 11.6 Å². The van der Waals surface area contributed by atoms with Crippen molar-refractivity contribution in [1.82, 2.24) is 0 Å². The summed E-state index contributed by atoms with van der Waals surface area (Å²) >= 11 is 0. The zero-order chi connectivity index (χ0) is 13.0. The molecule has 0 fully saturated rings. The van der Waals surface area contributed by atoms with Crippen molar-refractivity contribution in [3.8, 4) is 0 Å². The maximum atomic E-state index is 10.8. The predicted molar refractivity (Wildman–Crippen MR) is 55.7 cm³/mol. The minimum Gasteiger partial charge on any atom is -0.539 e. The molecule has 0 aliphatic carbocycles. The fourth-order valence-electron chi connectivity index (χ4n) is 1.11. The second-order valence-corrected chi connectivity index (χ2v) is 3.01. The van der Waals surface area contributed by atoms with Crippen LogP contribution in [-0.2, 0) is 9.59 Å².